The summed E-state index contributed by atoms with van der Waals surface area (Å²) in [4.78, 5) is 31.5. The van der Waals surface area contributed by atoms with Gasteiger partial charge in [-0.2, -0.15) is 0 Å². The van der Waals surface area contributed by atoms with Gasteiger partial charge < -0.3 is 16.0 Å². The van der Waals surface area contributed by atoms with Crippen LogP contribution in [0.25, 0.3) is 0 Å². The number of ketones is 1. The van der Waals surface area contributed by atoms with Crippen molar-refractivity contribution in [1.29, 1.82) is 0 Å². The van der Waals surface area contributed by atoms with Gasteiger partial charge in [0.05, 0.1) is 20.7 Å². The number of benzene rings is 1. The normalized spacial score (nSPS) is 14.8. The first-order chi connectivity index (χ1) is 17.4. The largest absolute Gasteiger partial charge is 0.382 e. The molecule has 0 aliphatic carbocycles. The minimum atomic E-state index is -3.61. The molecule has 1 saturated heterocycles. The fourth-order valence-electron chi connectivity index (χ4n) is 3.85. The summed E-state index contributed by atoms with van der Waals surface area (Å²) >= 11 is 8.20. The number of nitrogens with zero attached hydrogens (tertiary/aromatic N) is 2. The summed E-state index contributed by atoms with van der Waals surface area (Å²) in [5.74, 6) is -3.32. The molecule has 8 nitrogen and oxygen atoms in total. The van der Waals surface area contributed by atoms with Crippen LogP contribution in [0.5, 0.6) is 0 Å². The zero-order valence-electron chi connectivity index (χ0n) is 19.8. The molecule has 2 aromatic heterocycles. The van der Waals surface area contributed by atoms with Crippen molar-refractivity contribution in [3.8, 4) is 0 Å². The first kappa shape index (κ1) is 27.4. The molecule has 1 aliphatic rings. The Morgan fingerprint density at radius 3 is 2.41 bits per heavy atom. The highest BCUT2D eigenvalue weighted by atomic mass is 35.5. The molecular formula is C23H23ClF2N4O4S3. The third-order valence-electron chi connectivity index (χ3n) is 5.98. The van der Waals surface area contributed by atoms with Crippen LogP contribution in [0.15, 0.2) is 28.5 Å². The maximum absolute atomic E-state index is 14.0. The molecule has 0 saturated carbocycles. The van der Waals surface area contributed by atoms with Crippen LogP contribution in [-0.4, -0.2) is 54.4 Å². The number of carbonyl (C=O) groups is 2. The number of carbonyl (C=O) groups excluding carboxylic acids is 2. The van der Waals surface area contributed by atoms with Crippen molar-refractivity contribution in [2.75, 3.05) is 24.1 Å². The first-order valence-electron chi connectivity index (χ1n) is 11.2. The summed E-state index contributed by atoms with van der Waals surface area (Å²) in [6, 6.07) is 3.06. The topological polar surface area (TPSA) is 122 Å². The molecule has 0 radical (unpaired) electrons. The lowest BCUT2D eigenvalue weighted by molar-refractivity contribution is 0.0723. The summed E-state index contributed by atoms with van der Waals surface area (Å²) in [6.45, 7) is 3.86. The number of nitrogen functional groups attached to an aromatic ring is 1. The van der Waals surface area contributed by atoms with Gasteiger partial charge in [0, 0.05) is 24.5 Å². The Morgan fingerprint density at radius 1 is 1.19 bits per heavy atom. The highest BCUT2D eigenvalue weighted by Gasteiger charge is 2.31. The number of amides is 1. The van der Waals surface area contributed by atoms with Crippen LogP contribution in [0, 0.1) is 11.6 Å². The molecule has 1 aromatic carbocycles. The second kappa shape index (κ2) is 10.6. The van der Waals surface area contributed by atoms with Gasteiger partial charge in [-0.1, -0.05) is 29.0 Å². The lowest BCUT2D eigenvalue weighted by Gasteiger charge is -2.32. The molecule has 0 atom stereocenters. The van der Waals surface area contributed by atoms with Crippen LogP contribution in [-0.2, 0) is 9.84 Å². The van der Waals surface area contributed by atoms with Crippen LogP contribution >= 0.6 is 34.3 Å². The van der Waals surface area contributed by atoms with Gasteiger partial charge in [0.15, 0.2) is 15.0 Å². The number of hydrogen-bond donors (Lipinski definition) is 2. The minimum Gasteiger partial charge on any atom is -0.382 e. The number of aromatic nitrogens is 1. The molecular weight excluding hydrogens is 566 g/mol. The maximum Gasteiger partial charge on any atom is 0.265 e. The van der Waals surface area contributed by atoms with E-state index in [1.165, 1.54) is 11.4 Å². The molecule has 14 heteroatoms. The van der Waals surface area contributed by atoms with Gasteiger partial charge >= 0.3 is 0 Å². The summed E-state index contributed by atoms with van der Waals surface area (Å²) in [7, 11) is -3.61. The molecule has 3 N–H and O–H groups in total. The SMILES string of the molecule is CC(C)S(=O)(=O)c1csc(C(=O)N2CCC(Nc3nc(N)c(C(=O)c4c(F)cccc4F)s3)CC2)c1Cl. The standard InChI is InChI=1S/C23H23ClF2N4O4S3/c1-11(2)37(33,34)15-10-35-19(17(15)24)22(32)30-8-6-12(7-9-30)28-23-29-21(27)20(36-23)18(31)16-13(25)4-3-5-14(16)26/h3-5,10-12H,6-9,27H2,1-2H3,(H,28,29). The average Bonchev–Trinajstić information content (AvgIpc) is 3.41. The first-order valence-corrected chi connectivity index (χ1v) is 14.9. The van der Waals surface area contributed by atoms with Crippen molar-refractivity contribution in [3.05, 3.63) is 55.6 Å². The second-order valence-electron chi connectivity index (χ2n) is 8.71. The van der Waals surface area contributed by atoms with Crippen LogP contribution in [0.3, 0.4) is 0 Å². The van der Waals surface area contributed by atoms with E-state index in [-0.39, 0.29) is 37.4 Å². The van der Waals surface area contributed by atoms with Gasteiger partial charge in [-0.3, -0.25) is 9.59 Å². The molecule has 1 aliphatic heterocycles. The van der Waals surface area contributed by atoms with E-state index in [0.717, 1.165) is 34.8 Å². The highest BCUT2D eigenvalue weighted by Crippen LogP contribution is 2.35. The van der Waals surface area contributed by atoms with Crippen LogP contribution < -0.4 is 11.1 Å². The summed E-state index contributed by atoms with van der Waals surface area (Å²) in [6.07, 6.45) is 1.08. The number of sulfone groups is 1. The Balaban J connectivity index is 1.41. The third-order valence-corrected chi connectivity index (χ3v) is 10.9. The number of piperidine rings is 1. The van der Waals surface area contributed by atoms with Crippen molar-refractivity contribution in [1.82, 2.24) is 9.88 Å². The predicted molar refractivity (Wildman–Crippen MR) is 141 cm³/mol. The van der Waals surface area contributed by atoms with Crippen molar-refractivity contribution >= 4 is 66.8 Å². The highest BCUT2D eigenvalue weighted by molar-refractivity contribution is 7.92. The zero-order chi connectivity index (χ0) is 27.1. The molecule has 0 spiro atoms. The number of nitrogens with two attached hydrogens (primary N) is 1. The molecule has 37 heavy (non-hydrogen) atoms. The van der Waals surface area contributed by atoms with E-state index < -0.39 is 38.1 Å². The Morgan fingerprint density at radius 2 is 1.81 bits per heavy atom. The second-order valence-corrected chi connectivity index (χ2v) is 13.4. The number of likely N-dealkylation sites (tertiary alicyclic amines) is 1. The molecule has 1 amide bonds. The Hall–Kier alpha value is -2.61. The van der Waals surface area contributed by atoms with E-state index in [1.807, 2.05) is 0 Å². The quantitative estimate of drug-likeness (QED) is 0.378. The Labute approximate surface area is 225 Å². The number of nitrogens with one attached hydrogen (secondary N) is 1. The lowest BCUT2D eigenvalue weighted by atomic mass is 10.1. The van der Waals surface area contributed by atoms with E-state index in [4.69, 9.17) is 17.3 Å². The van der Waals surface area contributed by atoms with Gasteiger partial charge in [0.25, 0.3) is 5.91 Å². The minimum absolute atomic E-state index is 0.0314. The fraction of sp³-hybridized carbons (Fsp3) is 0.348. The van der Waals surface area contributed by atoms with Crippen molar-refractivity contribution in [2.24, 2.45) is 0 Å². The van der Waals surface area contributed by atoms with E-state index in [1.54, 1.807) is 18.7 Å². The zero-order valence-corrected chi connectivity index (χ0v) is 23.0. The van der Waals surface area contributed by atoms with E-state index in [0.29, 0.717) is 31.1 Å². The summed E-state index contributed by atoms with van der Waals surface area (Å²) < 4.78 is 53.0. The van der Waals surface area contributed by atoms with Gasteiger partial charge in [-0.05, 0) is 38.8 Å². The van der Waals surface area contributed by atoms with E-state index in [9.17, 15) is 26.8 Å². The number of rotatable bonds is 7. The monoisotopic (exact) mass is 588 g/mol. The Kier molecular flexibility index (Phi) is 7.88. The number of thiazole rings is 1. The van der Waals surface area contributed by atoms with E-state index >= 15 is 0 Å². The van der Waals surface area contributed by atoms with Crippen LogP contribution in [0.1, 0.15) is 51.6 Å². The average molecular weight is 589 g/mol. The summed E-state index contributed by atoms with van der Waals surface area (Å²) in [5, 5.41) is 4.19. The van der Waals surface area contributed by atoms with Crippen molar-refractivity contribution in [2.45, 2.75) is 42.9 Å². The molecule has 3 aromatic rings. The van der Waals surface area contributed by atoms with Gasteiger partial charge in [0.2, 0.25) is 5.78 Å². The molecule has 0 unspecified atom stereocenters. The third kappa shape index (κ3) is 5.35. The molecule has 198 valence electrons. The molecule has 3 heterocycles. The maximum atomic E-state index is 14.0. The lowest BCUT2D eigenvalue weighted by Crippen LogP contribution is -2.42. The smallest absolute Gasteiger partial charge is 0.265 e. The molecule has 0 bridgehead atoms. The van der Waals surface area contributed by atoms with Crippen LogP contribution in [0.2, 0.25) is 5.02 Å². The number of thiophene rings is 1. The van der Waals surface area contributed by atoms with Gasteiger partial charge in [0.1, 0.15) is 27.2 Å². The van der Waals surface area contributed by atoms with Crippen molar-refractivity contribution < 1.29 is 26.8 Å². The number of hydrogen-bond acceptors (Lipinski definition) is 9. The number of anilines is 2. The van der Waals surface area contributed by atoms with Crippen LogP contribution in [0.4, 0.5) is 19.7 Å². The Bertz CT molecular complexity index is 1440. The van der Waals surface area contributed by atoms with E-state index in [2.05, 4.69) is 10.3 Å². The number of halogens is 3. The summed E-state index contributed by atoms with van der Waals surface area (Å²) in [5.41, 5.74) is 5.18. The van der Waals surface area contributed by atoms with Gasteiger partial charge in [-0.15, -0.1) is 11.3 Å². The predicted octanol–water partition coefficient (Wildman–Crippen LogP) is 4.85. The molecule has 1 fully saturated rings. The van der Waals surface area contributed by atoms with Gasteiger partial charge in [-0.25, -0.2) is 22.2 Å². The van der Waals surface area contributed by atoms with Crippen molar-refractivity contribution in [3.63, 3.8) is 0 Å². The molecule has 4 rings (SSSR count). The fourth-order valence-corrected chi connectivity index (χ4v) is 7.80.